The molecule has 0 saturated heterocycles. The van der Waals surface area contributed by atoms with Gasteiger partial charge >= 0.3 is 0 Å². The minimum Gasteiger partial charge on any atom is -0.284 e. The average Bonchev–Trinajstić information content (AvgIpc) is 2.39. The minimum absolute atomic E-state index is 0.0633. The van der Waals surface area contributed by atoms with Crippen molar-refractivity contribution in [3.05, 3.63) is 51.4 Å². The fraction of sp³-hybridized carbons (Fsp3) is 0.0769. The van der Waals surface area contributed by atoms with E-state index in [0.717, 1.165) is 6.26 Å². The lowest BCUT2D eigenvalue weighted by atomic mass is 10.3. The quantitative estimate of drug-likeness (QED) is 0.681. The number of hydrogen-bond donors (Lipinski definition) is 2. The number of anilines is 2. The largest absolute Gasteiger partial charge is 0.284 e. The molecule has 0 unspecified atom stereocenters. The smallest absolute Gasteiger partial charge is 0.263 e. The molecule has 0 atom stereocenters. The maximum absolute atomic E-state index is 12.5. The Labute approximate surface area is 151 Å². The molecule has 2 N–H and O–H groups in total. The van der Waals surface area contributed by atoms with Crippen LogP contribution in [0.1, 0.15) is 0 Å². The zero-order chi connectivity index (χ0) is 17.3. The minimum atomic E-state index is -3.83. The number of rotatable bonds is 5. The van der Waals surface area contributed by atoms with E-state index in [1.54, 1.807) is 18.2 Å². The van der Waals surface area contributed by atoms with Crippen LogP contribution < -0.4 is 9.44 Å². The van der Waals surface area contributed by atoms with E-state index in [2.05, 4.69) is 41.3 Å². The fourth-order valence-electron chi connectivity index (χ4n) is 1.75. The van der Waals surface area contributed by atoms with Crippen molar-refractivity contribution in [1.82, 2.24) is 0 Å². The van der Waals surface area contributed by atoms with E-state index >= 15 is 0 Å². The molecule has 6 nitrogen and oxygen atoms in total. The fourth-order valence-corrected chi connectivity index (χ4v) is 4.86. The van der Waals surface area contributed by atoms with Crippen molar-refractivity contribution in [3.63, 3.8) is 0 Å². The summed E-state index contributed by atoms with van der Waals surface area (Å²) in [5.74, 6) is 0. The maximum atomic E-state index is 12.5. The molecule has 0 aliphatic heterocycles. The van der Waals surface area contributed by atoms with Crippen LogP contribution in [0.2, 0.25) is 0 Å². The summed E-state index contributed by atoms with van der Waals surface area (Å²) in [5, 5.41) is 0. The van der Waals surface area contributed by atoms with Crippen molar-refractivity contribution in [3.8, 4) is 0 Å². The summed E-state index contributed by atoms with van der Waals surface area (Å²) in [6, 6.07) is 10.8. The molecule has 0 bridgehead atoms. The van der Waals surface area contributed by atoms with Crippen LogP contribution in [0.5, 0.6) is 0 Å². The van der Waals surface area contributed by atoms with Crippen LogP contribution in [0.15, 0.2) is 56.3 Å². The number of sulfonamides is 2. The first kappa shape index (κ1) is 18.2. The highest BCUT2D eigenvalue weighted by molar-refractivity contribution is 9.11. The van der Waals surface area contributed by atoms with Crippen LogP contribution >= 0.6 is 31.9 Å². The standard InChI is InChI=1S/C13H12Br2N2O4S2/c1-22(18,19)16-10-3-2-4-11(8-10)17-23(20,21)13-7-9(14)5-6-12(13)15/h2-8,16-17H,1H3. The third kappa shape index (κ3) is 5.20. The van der Waals surface area contributed by atoms with Gasteiger partial charge in [-0.15, -0.1) is 0 Å². The molecule has 10 heteroatoms. The first-order valence-corrected chi connectivity index (χ1v) is 11.1. The highest BCUT2D eigenvalue weighted by Gasteiger charge is 2.18. The van der Waals surface area contributed by atoms with Gasteiger partial charge in [0.1, 0.15) is 4.90 Å². The molecule has 0 amide bonds. The molecule has 2 rings (SSSR count). The summed E-state index contributed by atoms with van der Waals surface area (Å²) < 4.78 is 53.2. The molecule has 2 aromatic carbocycles. The monoisotopic (exact) mass is 482 g/mol. The van der Waals surface area contributed by atoms with Crippen LogP contribution in [-0.4, -0.2) is 23.1 Å². The van der Waals surface area contributed by atoms with Crippen molar-refractivity contribution in [2.45, 2.75) is 4.90 Å². The van der Waals surface area contributed by atoms with Crippen LogP contribution in [0, 0.1) is 0 Å². The van der Waals surface area contributed by atoms with E-state index in [1.165, 1.54) is 24.3 Å². The maximum Gasteiger partial charge on any atom is 0.263 e. The van der Waals surface area contributed by atoms with Gasteiger partial charge in [-0.25, -0.2) is 16.8 Å². The van der Waals surface area contributed by atoms with E-state index in [1.807, 2.05) is 0 Å². The molecule has 0 saturated carbocycles. The highest BCUT2D eigenvalue weighted by Crippen LogP contribution is 2.28. The van der Waals surface area contributed by atoms with Crippen LogP contribution in [-0.2, 0) is 20.0 Å². The second kappa shape index (κ2) is 6.80. The zero-order valence-electron chi connectivity index (χ0n) is 11.7. The molecule has 0 heterocycles. The summed E-state index contributed by atoms with van der Waals surface area (Å²) in [6.07, 6.45) is 1.02. The Bertz CT molecular complexity index is 944. The Hall–Kier alpha value is -1.10. The van der Waals surface area contributed by atoms with Crippen molar-refractivity contribution >= 4 is 63.3 Å². The normalized spacial score (nSPS) is 12.0. The predicted molar refractivity (Wildman–Crippen MR) is 97.6 cm³/mol. The summed E-state index contributed by atoms with van der Waals surface area (Å²) in [5.41, 5.74) is 0.506. The zero-order valence-corrected chi connectivity index (χ0v) is 16.6. The van der Waals surface area contributed by atoms with Crippen LogP contribution in [0.4, 0.5) is 11.4 Å². The molecule has 0 radical (unpaired) electrons. The van der Waals surface area contributed by atoms with Gasteiger partial charge in [0.2, 0.25) is 10.0 Å². The van der Waals surface area contributed by atoms with Gasteiger partial charge in [-0.2, -0.15) is 0 Å². The lowest BCUT2D eigenvalue weighted by molar-refractivity contribution is 0.600. The Morgan fingerprint density at radius 1 is 0.870 bits per heavy atom. The molecule has 23 heavy (non-hydrogen) atoms. The lowest BCUT2D eigenvalue weighted by Gasteiger charge is -2.11. The first-order valence-electron chi connectivity index (χ1n) is 6.12. The molecule has 0 spiro atoms. The van der Waals surface area contributed by atoms with Crippen LogP contribution in [0.25, 0.3) is 0 Å². The van der Waals surface area contributed by atoms with E-state index in [4.69, 9.17) is 0 Å². The van der Waals surface area contributed by atoms with Gasteiger partial charge in [-0.3, -0.25) is 9.44 Å². The number of halogens is 2. The molecule has 0 aliphatic carbocycles. The molecule has 0 aromatic heterocycles. The van der Waals surface area contributed by atoms with E-state index in [9.17, 15) is 16.8 Å². The molecule has 2 aromatic rings. The van der Waals surface area contributed by atoms with Crippen molar-refractivity contribution in [2.75, 3.05) is 15.7 Å². The van der Waals surface area contributed by atoms with E-state index < -0.39 is 20.0 Å². The molecular weight excluding hydrogens is 472 g/mol. The molecule has 0 aliphatic rings. The van der Waals surface area contributed by atoms with E-state index in [-0.39, 0.29) is 16.3 Å². The van der Waals surface area contributed by atoms with Gasteiger partial charge in [0, 0.05) is 8.95 Å². The predicted octanol–water partition coefficient (Wildman–Crippen LogP) is 3.38. The third-order valence-electron chi connectivity index (χ3n) is 2.60. The second-order valence-electron chi connectivity index (χ2n) is 4.64. The van der Waals surface area contributed by atoms with Gasteiger partial charge in [0.05, 0.1) is 17.6 Å². The van der Waals surface area contributed by atoms with Gasteiger partial charge in [0.25, 0.3) is 10.0 Å². The number of nitrogens with one attached hydrogen (secondary N) is 2. The van der Waals surface area contributed by atoms with Crippen molar-refractivity contribution in [2.24, 2.45) is 0 Å². The van der Waals surface area contributed by atoms with Gasteiger partial charge < -0.3 is 0 Å². The van der Waals surface area contributed by atoms with Gasteiger partial charge in [-0.05, 0) is 52.3 Å². The van der Waals surface area contributed by atoms with Crippen molar-refractivity contribution < 1.29 is 16.8 Å². The van der Waals surface area contributed by atoms with Gasteiger partial charge in [0.15, 0.2) is 0 Å². The Morgan fingerprint density at radius 3 is 2.09 bits per heavy atom. The topological polar surface area (TPSA) is 92.3 Å². The summed E-state index contributed by atoms with van der Waals surface area (Å²) in [7, 11) is -7.27. The van der Waals surface area contributed by atoms with E-state index in [0.29, 0.717) is 8.95 Å². The SMILES string of the molecule is CS(=O)(=O)Nc1cccc(NS(=O)(=O)c2cc(Br)ccc2Br)c1. The summed E-state index contributed by atoms with van der Waals surface area (Å²) >= 11 is 6.43. The molecular formula is C13H12Br2N2O4S2. The number of benzene rings is 2. The Morgan fingerprint density at radius 2 is 1.48 bits per heavy atom. The Kier molecular flexibility index (Phi) is 5.39. The average molecular weight is 484 g/mol. The first-order chi connectivity index (χ1) is 10.6. The molecule has 124 valence electrons. The highest BCUT2D eigenvalue weighted by atomic mass is 79.9. The van der Waals surface area contributed by atoms with Crippen LogP contribution in [0.3, 0.4) is 0 Å². The summed E-state index contributed by atoms with van der Waals surface area (Å²) in [4.78, 5) is 0.0633. The number of hydrogen-bond acceptors (Lipinski definition) is 4. The lowest BCUT2D eigenvalue weighted by Crippen LogP contribution is -2.14. The third-order valence-corrected chi connectivity index (χ3v) is 6.08. The second-order valence-corrected chi connectivity index (χ2v) is 9.80. The Balaban J connectivity index is 2.34. The van der Waals surface area contributed by atoms with Gasteiger partial charge in [-0.1, -0.05) is 22.0 Å². The van der Waals surface area contributed by atoms with Crippen molar-refractivity contribution in [1.29, 1.82) is 0 Å². The molecule has 0 fully saturated rings. The summed E-state index contributed by atoms with van der Waals surface area (Å²) in [6.45, 7) is 0.